The summed E-state index contributed by atoms with van der Waals surface area (Å²) in [5.41, 5.74) is 0. The average Bonchev–Trinajstić information content (AvgIpc) is 2.99. The van der Waals surface area contributed by atoms with Crippen LogP contribution in [0.2, 0.25) is 0 Å². The lowest BCUT2D eigenvalue weighted by Crippen LogP contribution is -2.39. The van der Waals surface area contributed by atoms with Gasteiger partial charge in [0.05, 0.1) is 0 Å². The lowest BCUT2D eigenvalue weighted by Gasteiger charge is -2.33. The van der Waals surface area contributed by atoms with Gasteiger partial charge in [0.25, 0.3) is 0 Å². The summed E-state index contributed by atoms with van der Waals surface area (Å²) < 4.78 is 0. The number of unbranched alkanes of at least 4 members (excludes halogenated alkanes) is 11. The van der Waals surface area contributed by atoms with Crippen LogP contribution in [0, 0.1) is 0 Å². The number of hydrogen-bond acceptors (Lipinski definition) is 2. The predicted molar refractivity (Wildman–Crippen MR) is 113 cm³/mol. The normalized spacial score (nSPS) is 17.0. The van der Waals surface area contributed by atoms with E-state index in [4.69, 9.17) is 0 Å². The monoisotopic (exact) mass is 350 g/mol. The maximum Gasteiger partial charge on any atom is 0.101 e. The van der Waals surface area contributed by atoms with Crippen molar-refractivity contribution in [2.24, 2.45) is 0 Å². The fourth-order valence-corrected chi connectivity index (χ4v) is 3.92. The molecule has 0 saturated carbocycles. The summed E-state index contributed by atoms with van der Waals surface area (Å²) in [5, 5.41) is 0. The van der Waals surface area contributed by atoms with Crippen molar-refractivity contribution in [3.63, 3.8) is 0 Å². The fourth-order valence-electron chi connectivity index (χ4n) is 3.92. The molecule has 0 aromatic heterocycles. The molecule has 0 aliphatic carbocycles. The molecule has 1 rings (SSSR count). The van der Waals surface area contributed by atoms with Gasteiger partial charge >= 0.3 is 0 Å². The minimum absolute atomic E-state index is 0.640. The number of nitrogens with zero attached hydrogens (tertiary/aromatic N) is 2. The van der Waals surface area contributed by atoms with E-state index in [1.807, 2.05) is 0 Å². The zero-order chi connectivity index (χ0) is 18.2. The van der Waals surface area contributed by atoms with E-state index >= 15 is 0 Å². The second-order valence-electron chi connectivity index (χ2n) is 7.93. The van der Waals surface area contributed by atoms with Gasteiger partial charge < -0.3 is 9.80 Å². The van der Waals surface area contributed by atoms with Crippen LogP contribution in [-0.2, 0) is 0 Å². The second-order valence-corrected chi connectivity index (χ2v) is 7.93. The van der Waals surface area contributed by atoms with Crippen molar-refractivity contribution in [3.05, 3.63) is 12.4 Å². The molecular formula is C23H46N2. The van der Waals surface area contributed by atoms with E-state index in [0.717, 1.165) is 0 Å². The Morgan fingerprint density at radius 2 is 0.920 bits per heavy atom. The van der Waals surface area contributed by atoms with Gasteiger partial charge in [0.15, 0.2) is 0 Å². The van der Waals surface area contributed by atoms with Crippen molar-refractivity contribution in [1.29, 1.82) is 0 Å². The Kier molecular flexibility index (Phi) is 14.0. The van der Waals surface area contributed by atoms with E-state index in [2.05, 4.69) is 43.0 Å². The van der Waals surface area contributed by atoms with Crippen LogP contribution >= 0.6 is 0 Å². The highest BCUT2D eigenvalue weighted by Crippen LogP contribution is 2.22. The third-order valence-corrected chi connectivity index (χ3v) is 5.55. The van der Waals surface area contributed by atoms with Crippen LogP contribution in [0.4, 0.5) is 0 Å². The molecule has 0 aromatic rings. The quantitative estimate of drug-likeness (QED) is 0.254. The van der Waals surface area contributed by atoms with E-state index in [-0.39, 0.29) is 0 Å². The molecule has 0 aromatic carbocycles. The third kappa shape index (κ3) is 10.2. The minimum Gasteiger partial charge on any atom is -0.356 e. The molecule has 1 heterocycles. The van der Waals surface area contributed by atoms with Crippen LogP contribution in [0.5, 0.6) is 0 Å². The molecule has 1 aliphatic rings. The molecule has 1 unspecified atom stereocenters. The third-order valence-electron chi connectivity index (χ3n) is 5.55. The molecule has 2 nitrogen and oxygen atoms in total. The zero-order valence-corrected chi connectivity index (χ0v) is 17.6. The van der Waals surface area contributed by atoms with Crippen molar-refractivity contribution >= 4 is 0 Å². The first kappa shape index (κ1) is 22.4. The van der Waals surface area contributed by atoms with Crippen molar-refractivity contribution in [2.45, 2.75) is 123 Å². The highest BCUT2D eigenvalue weighted by molar-refractivity contribution is 4.96. The molecule has 148 valence electrons. The summed E-state index contributed by atoms with van der Waals surface area (Å²) in [7, 11) is 0. The van der Waals surface area contributed by atoms with Gasteiger partial charge in [0.2, 0.25) is 0 Å². The summed E-state index contributed by atoms with van der Waals surface area (Å²) in [6.45, 7) is 9.42. The van der Waals surface area contributed by atoms with Crippen LogP contribution in [0.3, 0.4) is 0 Å². The van der Waals surface area contributed by atoms with Gasteiger partial charge in [-0.25, -0.2) is 0 Å². The van der Waals surface area contributed by atoms with Crippen LogP contribution < -0.4 is 0 Å². The van der Waals surface area contributed by atoms with E-state index in [9.17, 15) is 0 Å². The van der Waals surface area contributed by atoms with Gasteiger partial charge in [0, 0.05) is 25.5 Å². The van der Waals surface area contributed by atoms with Crippen LogP contribution in [0.25, 0.3) is 0 Å². The second kappa shape index (κ2) is 15.6. The molecule has 0 saturated heterocycles. The highest BCUT2D eigenvalue weighted by atomic mass is 15.4. The van der Waals surface area contributed by atoms with Crippen molar-refractivity contribution in [3.8, 4) is 0 Å². The van der Waals surface area contributed by atoms with Crippen LogP contribution in [-0.4, -0.2) is 29.1 Å². The topological polar surface area (TPSA) is 6.48 Å². The lowest BCUT2D eigenvalue weighted by molar-refractivity contribution is 0.138. The number of hydrogen-bond donors (Lipinski definition) is 0. The van der Waals surface area contributed by atoms with Gasteiger partial charge in [-0.1, -0.05) is 97.8 Å². The average molecular weight is 351 g/mol. The molecule has 1 aliphatic heterocycles. The van der Waals surface area contributed by atoms with E-state index < -0.39 is 0 Å². The van der Waals surface area contributed by atoms with Crippen LogP contribution in [0.15, 0.2) is 12.4 Å². The summed E-state index contributed by atoms with van der Waals surface area (Å²) in [6.07, 6.45) is 26.2. The van der Waals surface area contributed by atoms with Crippen molar-refractivity contribution in [2.75, 3.05) is 13.1 Å². The molecule has 1 atom stereocenters. The molecule has 2 heteroatoms. The largest absolute Gasteiger partial charge is 0.356 e. The Balaban J connectivity index is 2.15. The number of rotatable bonds is 17. The van der Waals surface area contributed by atoms with Crippen molar-refractivity contribution < 1.29 is 0 Å². The highest BCUT2D eigenvalue weighted by Gasteiger charge is 2.24. The summed E-state index contributed by atoms with van der Waals surface area (Å²) in [6, 6.07) is 0. The SMILES string of the molecule is CCCCCCCCCCN1C=CN(CCCCCCC)C1CCC. The Bertz CT molecular complexity index is 313. The van der Waals surface area contributed by atoms with Gasteiger partial charge in [-0.2, -0.15) is 0 Å². The van der Waals surface area contributed by atoms with Crippen LogP contribution in [0.1, 0.15) is 117 Å². The first-order valence-corrected chi connectivity index (χ1v) is 11.5. The smallest absolute Gasteiger partial charge is 0.101 e. The maximum absolute atomic E-state index is 2.62. The fraction of sp³-hybridized carbons (Fsp3) is 0.913. The lowest BCUT2D eigenvalue weighted by atomic mass is 10.1. The molecule has 25 heavy (non-hydrogen) atoms. The molecule has 0 bridgehead atoms. The molecule has 0 amide bonds. The standard InChI is InChI=1S/C23H46N2/c1-4-7-9-11-12-13-15-17-20-25-22-21-24(23(25)18-6-3)19-16-14-10-8-5-2/h21-23H,4-20H2,1-3H3. The zero-order valence-electron chi connectivity index (χ0n) is 17.6. The van der Waals surface area contributed by atoms with Crippen molar-refractivity contribution in [1.82, 2.24) is 9.80 Å². The van der Waals surface area contributed by atoms with E-state index in [1.54, 1.807) is 0 Å². The maximum atomic E-state index is 2.62. The summed E-state index contributed by atoms with van der Waals surface area (Å²) in [5.74, 6) is 0. The Hall–Kier alpha value is -0.660. The van der Waals surface area contributed by atoms with Gasteiger partial charge in [0.1, 0.15) is 6.17 Å². The molecular weight excluding hydrogens is 304 g/mol. The van der Waals surface area contributed by atoms with E-state index in [1.165, 1.54) is 109 Å². The first-order chi connectivity index (χ1) is 12.3. The summed E-state index contributed by atoms with van der Waals surface area (Å²) >= 11 is 0. The molecule has 0 spiro atoms. The molecule has 0 N–H and O–H groups in total. The van der Waals surface area contributed by atoms with Gasteiger partial charge in [-0.3, -0.25) is 0 Å². The Morgan fingerprint density at radius 3 is 1.32 bits per heavy atom. The summed E-state index contributed by atoms with van der Waals surface area (Å²) in [4.78, 5) is 5.23. The predicted octanol–water partition coefficient (Wildman–Crippen LogP) is 7.31. The Labute approximate surface area is 159 Å². The molecule has 0 radical (unpaired) electrons. The Morgan fingerprint density at radius 1 is 0.520 bits per heavy atom. The minimum atomic E-state index is 0.640. The van der Waals surface area contributed by atoms with Gasteiger partial charge in [-0.05, 0) is 19.3 Å². The van der Waals surface area contributed by atoms with Gasteiger partial charge in [-0.15, -0.1) is 0 Å². The first-order valence-electron chi connectivity index (χ1n) is 11.5. The van der Waals surface area contributed by atoms with E-state index in [0.29, 0.717) is 6.17 Å². The molecule has 0 fully saturated rings.